The minimum absolute atomic E-state index is 0.0543. The van der Waals surface area contributed by atoms with Crippen LogP contribution in [0.25, 0.3) is 11.0 Å². The quantitative estimate of drug-likeness (QED) is 0.860. The van der Waals surface area contributed by atoms with Gasteiger partial charge < -0.3 is 9.67 Å². The third kappa shape index (κ3) is 3.17. The van der Waals surface area contributed by atoms with Gasteiger partial charge in [-0.05, 0) is 69.1 Å². The average molecular weight is 341 g/mol. The highest BCUT2D eigenvalue weighted by Gasteiger charge is 2.39. The molecule has 0 unspecified atom stereocenters. The summed E-state index contributed by atoms with van der Waals surface area (Å²) in [6, 6.07) is 6.25. The molecule has 4 rings (SSSR count). The monoisotopic (exact) mass is 341 g/mol. The lowest BCUT2D eigenvalue weighted by molar-refractivity contribution is -0.117. The Bertz CT molecular complexity index is 823. The largest absolute Gasteiger partial charge is 0.386 e. The van der Waals surface area contributed by atoms with Crippen LogP contribution in [0, 0.1) is 5.41 Å². The second kappa shape index (κ2) is 5.56. The predicted molar refractivity (Wildman–Crippen MR) is 98.5 cm³/mol. The molecule has 2 aromatic rings. The third-order valence-electron chi connectivity index (χ3n) is 5.78. The van der Waals surface area contributed by atoms with E-state index in [2.05, 4.69) is 21.8 Å². The number of rotatable bonds is 5. The van der Waals surface area contributed by atoms with Gasteiger partial charge in [0.05, 0.1) is 16.6 Å². The summed E-state index contributed by atoms with van der Waals surface area (Å²) in [7, 11) is 0. The molecule has 1 aromatic heterocycles. The van der Waals surface area contributed by atoms with Crippen LogP contribution < -0.4 is 5.32 Å². The number of carbonyl (C=O) groups is 1. The molecule has 0 radical (unpaired) electrons. The van der Waals surface area contributed by atoms with Gasteiger partial charge in [-0.3, -0.25) is 10.1 Å². The average Bonchev–Trinajstić information content (AvgIpc) is 3.08. The molecule has 1 amide bonds. The molecule has 2 aliphatic rings. The Hall–Kier alpha value is -1.88. The van der Waals surface area contributed by atoms with Crippen LogP contribution in [0.2, 0.25) is 0 Å². The van der Waals surface area contributed by atoms with Gasteiger partial charge in [-0.15, -0.1) is 0 Å². The Kier molecular flexibility index (Phi) is 3.69. The Balaban J connectivity index is 1.71. The van der Waals surface area contributed by atoms with Crippen molar-refractivity contribution >= 4 is 22.9 Å². The maximum absolute atomic E-state index is 12.4. The van der Waals surface area contributed by atoms with Gasteiger partial charge in [0.1, 0.15) is 0 Å². The maximum Gasteiger partial charge on any atom is 0.227 e. The van der Waals surface area contributed by atoms with Crippen molar-refractivity contribution in [1.29, 1.82) is 0 Å². The zero-order valence-electron chi connectivity index (χ0n) is 15.3. The first-order chi connectivity index (χ1) is 11.8. The van der Waals surface area contributed by atoms with Crippen molar-refractivity contribution in [2.45, 2.75) is 70.9 Å². The first-order valence-electron chi connectivity index (χ1n) is 9.30. The number of anilines is 1. The summed E-state index contributed by atoms with van der Waals surface area (Å²) >= 11 is 0. The van der Waals surface area contributed by atoms with Crippen molar-refractivity contribution in [2.24, 2.45) is 5.41 Å². The Morgan fingerprint density at radius 3 is 2.68 bits per heavy atom. The normalized spacial score (nSPS) is 19.7. The molecule has 134 valence electrons. The van der Waals surface area contributed by atoms with E-state index in [9.17, 15) is 9.90 Å². The molecule has 2 aliphatic carbocycles. The van der Waals surface area contributed by atoms with E-state index in [1.54, 1.807) is 13.8 Å². The van der Waals surface area contributed by atoms with Gasteiger partial charge in [0.25, 0.3) is 0 Å². The highest BCUT2D eigenvalue weighted by molar-refractivity contribution is 5.92. The van der Waals surface area contributed by atoms with Gasteiger partial charge in [0, 0.05) is 12.5 Å². The summed E-state index contributed by atoms with van der Waals surface area (Å²) < 4.78 is 2.17. The summed E-state index contributed by atoms with van der Waals surface area (Å²) in [5, 5.41) is 13.4. The van der Waals surface area contributed by atoms with Gasteiger partial charge in [-0.1, -0.05) is 13.0 Å². The highest BCUT2D eigenvalue weighted by Crippen LogP contribution is 2.48. The van der Waals surface area contributed by atoms with Gasteiger partial charge in [0.15, 0.2) is 0 Å². The molecule has 0 spiro atoms. The number of hydrogen-bond acceptors (Lipinski definition) is 3. The topological polar surface area (TPSA) is 67.2 Å². The van der Waals surface area contributed by atoms with Crippen molar-refractivity contribution in [3.63, 3.8) is 0 Å². The van der Waals surface area contributed by atoms with E-state index in [0.717, 1.165) is 42.3 Å². The predicted octanol–water partition coefficient (Wildman–Crippen LogP) is 4.12. The van der Waals surface area contributed by atoms with Crippen LogP contribution >= 0.6 is 0 Å². The zero-order valence-corrected chi connectivity index (χ0v) is 15.3. The first kappa shape index (κ1) is 16.6. The molecule has 1 heterocycles. The molecule has 0 atom stereocenters. The van der Waals surface area contributed by atoms with Gasteiger partial charge in [-0.25, -0.2) is 4.98 Å². The van der Waals surface area contributed by atoms with Gasteiger partial charge in [-0.2, -0.15) is 0 Å². The Morgan fingerprint density at radius 2 is 2.12 bits per heavy atom. The van der Waals surface area contributed by atoms with E-state index in [1.807, 2.05) is 18.2 Å². The van der Waals surface area contributed by atoms with Crippen LogP contribution in [-0.2, 0) is 10.4 Å². The third-order valence-corrected chi connectivity index (χ3v) is 5.78. The zero-order chi connectivity index (χ0) is 17.8. The smallest absolute Gasteiger partial charge is 0.227 e. The molecular weight excluding hydrogens is 314 g/mol. The van der Waals surface area contributed by atoms with Crippen molar-refractivity contribution in [3.05, 3.63) is 23.8 Å². The molecular formula is C20H27N3O2. The second-order valence-electron chi connectivity index (χ2n) is 8.69. The van der Waals surface area contributed by atoms with Crippen LogP contribution in [0.4, 0.5) is 5.95 Å². The molecule has 2 fully saturated rings. The molecule has 0 aliphatic heterocycles. The van der Waals surface area contributed by atoms with E-state index in [-0.39, 0.29) is 11.3 Å². The minimum atomic E-state index is -0.896. The minimum Gasteiger partial charge on any atom is -0.386 e. The van der Waals surface area contributed by atoms with Crippen LogP contribution in [0.1, 0.15) is 70.9 Å². The summed E-state index contributed by atoms with van der Waals surface area (Å²) in [4.78, 5) is 17.1. The molecule has 5 nitrogen and oxygen atoms in total. The van der Waals surface area contributed by atoms with E-state index < -0.39 is 5.60 Å². The maximum atomic E-state index is 12.4. The lowest BCUT2D eigenvalue weighted by Gasteiger charge is -2.29. The van der Waals surface area contributed by atoms with Gasteiger partial charge in [0.2, 0.25) is 11.9 Å². The standard InChI is InChI=1S/C20H27N3O2/c1-19(2,25)13-7-8-15-16(11-13)23(14-5-4-6-14)18(21-15)22-17(24)12-20(3)9-10-20/h7-8,11,14,25H,4-6,9-10,12H2,1-3H3,(H,21,22,24). The van der Waals surface area contributed by atoms with Crippen LogP contribution in [0.15, 0.2) is 18.2 Å². The number of carbonyl (C=O) groups excluding carboxylic acids is 1. The van der Waals surface area contributed by atoms with Crippen molar-refractivity contribution in [1.82, 2.24) is 9.55 Å². The first-order valence-corrected chi connectivity index (χ1v) is 9.30. The van der Waals surface area contributed by atoms with E-state index in [4.69, 9.17) is 0 Å². The number of aliphatic hydroxyl groups is 1. The molecule has 25 heavy (non-hydrogen) atoms. The Labute approximate surface area is 148 Å². The summed E-state index contributed by atoms with van der Waals surface area (Å²) in [5.41, 5.74) is 2.02. The molecule has 5 heteroatoms. The lowest BCUT2D eigenvalue weighted by Crippen LogP contribution is -2.23. The molecule has 2 N–H and O–H groups in total. The fraction of sp³-hybridized carbons (Fsp3) is 0.600. The number of nitrogens with one attached hydrogen (secondary N) is 1. The molecule has 1 aromatic carbocycles. The number of benzene rings is 1. The fourth-order valence-corrected chi connectivity index (χ4v) is 3.52. The highest BCUT2D eigenvalue weighted by atomic mass is 16.3. The van der Waals surface area contributed by atoms with E-state index >= 15 is 0 Å². The lowest BCUT2D eigenvalue weighted by atomic mass is 9.92. The number of nitrogens with zero attached hydrogens (tertiary/aromatic N) is 2. The van der Waals surface area contributed by atoms with Crippen molar-refractivity contribution < 1.29 is 9.90 Å². The number of hydrogen-bond donors (Lipinski definition) is 2. The number of aromatic nitrogens is 2. The Morgan fingerprint density at radius 1 is 1.40 bits per heavy atom. The number of amides is 1. The number of fused-ring (bicyclic) bond motifs is 1. The van der Waals surface area contributed by atoms with Crippen molar-refractivity contribution in [2.75, 3.05) is 5.32 Å². The molecule has 0 bridgehead atoms. The van der Waals surface area contributed by atoms with E-state index in [0.29, 0.717) is 18.4 Å². The van der Waals surface area contributed by atoms with Crippen molar-refractivity contribution in [3.8, 4) is 0 Å². The number of imidazole rings is 1. The van der Waals surface area contributed by atoms with Crippen LogP contribution in [0.3, 0.4) is 0 Å². The fourth-order valence-electron chi connectivity index (χ4n) is 3.52. The summed E-state index contributed by atoms with van der Waals surface area (Å²) in [5.74, 6) is 0.709. The van der Waals surface area contributed by atoms with Crippen LogP contribution in [-0.4, -0.2) is 20.6 Å². The second-order valence-corrected chi connectivity index (χ2v) is 8.69. The SMILES string of the molecule is CC1(CC(=O)Nc2nc3ccc(C(C)(C)O)cc3n2C2CCC2)CC1. The van der Waals surface area contributed by atoms with Crippen LogP contribution in [0.5, 0.6) is 0 Å². The summed E-state index contributed by atoms with van der Waals surface area (Å²) in [6.07, 6.45) is 6.26. The van der Waals surface area contributed by atoms with E-state index in [1.165, 1.54) is 6.42 Å². The molecule has 0 saturated heterocycles. The van der Waals surface area contributed by atoms with Gasteiger partial charge >= 0.3 is 0 Å². The molecule has 2 saturated carbocycles. The summed E-state index contributed by atoms with van der Waals surface area (Å²) in [6.45, 7) is 5.74.